The molecule has 0 amide bonds. The number of methoxy groups -OCH3 is 2. The molecule has 6 nitrogen and oxygen atoms in total. The molecule has 32 heavy (non-hydrogen) atoms. The average molecular weight is 440 g/mol. The van der Waals surface area contributed by atoms with Crippen LogP contribution in [0.25, 0.3) is 0 Å². The largest absolute Gasteiger partial charge is 0.497 e. The van der Waals surface area contributed by atoms with E-state index in [4.69, 9.17) is 14.2 Å². The first-order valence-electron chi connectivity index (χ1n) is 11.7. The van der Waals surface area contributed by atoms with Crippen molar-refractivity contribution in [1.82, 2.24) is 4.98 Å². The van der Waals surface area contributed by atoms with E-state index in [-0.39, 0.29) is 23.8 Å². The lowest BCUT2D eigenvalue weighted by Crippen LogP contribution is -2.20. The molecule has 1 atom stereocenters. The van der Waals surface area contributed by atoms with Crippen LogP contribution in [-0.2, 0) is 11.2 Å². The fraction of sp³-hybridized carbons (Fsp3) is 0.538. The normalized spacial score (nSPS) is 19.6. The quantitative estimate of drug-likeness (QED) is 0.621. The number of rotatable bonds is 5. The molecular weight excluding hydrogens is 406 g/mol. The topological polar surface area (TPSA) is 77.6 Å². The molecule has 1 saturated carbocycles. The zero-order valence-electron chi connectivity index (χ0n) is 19.3. The molecule has 6 heteroatoms. The van der Waals surface area contributed by atoms with E-state index in [1.54, 1.807) is 14.2 Å². The minimum Gasteiger partial charge on any atom is -0.497 e. The average Bonchev–Trinajstić information content (AvgIpc) is 3.12. The standard InChI is InChI=1S/C26H33NO5/c1-16-24-21(27-25(16)26(29)32-18-9-7-5-4-6-8-10-18)13-17(14-22(24)28)20-15-19(30-2)11-12-23(20)31-3/h11-12,15,17-18,27H,4-10,13-14H2,1-3H3. The van der Waals surface area contributed by atoms with Crippen molar-refractivity contribution in [2.45, 2.75) is 76.7 Å². The molecule has 1 aromatic carbocycles. The van der Waals surface area contributed by atoms with Gasteiger partial charge in [0.25, 0.3) is 0 Å². The molecule has 0 saturated heterocycles. The van der Waals surface area contributed by atoms with Crippen LogP contribution in [0.4, 0.5) is 0 Å². The maximum Gasteiger partial charge on any atom is 0.355 e. The lowest BCUT2D eigenvalue weighted by atomic mass is 9.81. The summed E-state index contributed by atoms with van der Waals surface area (Å²) < 4.78 is 16.8. The van der Waals surface area contributed by atoms with Crippen LogP contribution in [0.15, 0.2) is 18.2 Å². The van der Waals surface area contributed by atoms with Crippen LogP contribution in [-0.4, -0.2) is 37.1 Å². The van der Waals surface area contributed by atoms with Gasteiger partial charge in [-0.2, -0.15) is 0 Å². The summed E-state index contributed by atoms with van der Waals surface area (Å²) in [6, 6.07) is 5.65. The number of aromatic amines is 1. The highest BCUT2D eigenvalue weighted by Crippen LogP contribution is 2.40. The number of esters is 1. The van der Waals surface area contributed by atoms with Crippen LogP contribution >= 0.6 is 0 Å². The summed E-state index contributed by atoms with van der Waals surface area (Å²) in [7, 11) is 3.25. The van der Waals surface area contributed by atoms with Gasteiger partial charge in [0.05, 0.1) is 14.2 Å². The Balaban J connectivity index is 1.57. The second-order valence-corrected chi connectivity index (χ2v) is 8.99. The Morgan fingerprint density at radius 2 is 1.72 bits per heavy atom. The second-order valence-electron chi connectivity index (χ2n) is 8.99. The number of ether oxygens (including phenoxy) is 3. The minimum atomic E-state index is -0.342. The molecule has 2 aromatic rings. The molecule has 0 bridgehead atoms. The van der Waals surface area contributed by atoms with Crippen LogP contribution in [0.1, 0.15) is 95.0 Å². The monoisotopic (exact) mass is 439 g/mol. The van der Waals surface area contributed by atoms with E-state index in [2.05, 4.69) is 4.98 Å². The van der Waals surface area contributed by atoms with Crippen molar-refractivity contribution in [3.8, 4) is 11.5 Å². The summed E-state index contributed by atoms with van der Waals surface area (Å²) in [5.41, 5.74) is 3.52. The van der Waals surface area contributed by atoms with E-state index in [1.165, 1.54) is 19.3 Å². The van der Waals surface area contributed by atoms with E-state index < -0.39 is 0 Å². The molecule has 4 rings (SSSR count). The highest BCUT2D eigenvalue weighted by molar-refractivity contribution is 6.03. The number of Topliss-reactive ketones (excluding diaryl/α,β-unsaturated/α-hetero) is 1. The van der Waals surface area contributed by atoms with Gasteiger partial charge in [0.2, 0.25) is 0 Å². The Bertz CT molecular complexity index is 984. The summed E-state index contributed by atoms with van der Waals surface area (Å²) in [5, 5.41) is 0. The van der Waals surface area contributed by atoms with Crippen LogP contribution in [0.2, 0.25) is 0 Å². The fourth-order valence-corrected chi connectivity index (χ4v) is 5.16. The molecule has 2 aliphatic carbocycles. The number of fused-ring (bicyclic) bond motifs is 1. The molecule has 1 aromatic heterocycles. The van der Waals surface area contributed by atoms with Crippen molar-refractivity contribution in [3.05, 3.63) is 46.3 Å². The summed E-state index contributed by atoms with van der Waals surface area (Å²) in [6.07, 6.45) is 8.66. The molecule has 0 spiro atoms. The van der Waals surface area contributed by atoms with Gasteiger partial charge in [0, 0.05) is 29.2 Å². The third-order valence-corrected chi connectivity index (χ3v) is 6.90. The Morgan fingerprint density at radius 1 is 1.00 bits per heavy atom. The molecule has 1 unspecified atom stereocenters. The van der Waals surface area contributed by atoms with Gasteiger partial charge in [-0.05, 0) is 62.8 Å². The third-order valence-electron chi connectivity index (χ3n) is 6.90. The SMILES string of the molecule is COc1ccc(OC)c(C2CC(=O)c3c([nH]c(C(=O)OC4CCCCCCC4)c3C)C2)c1. The third kappa shape index (κ3) is 4.54. The van der Waals surface area contributed by atoms with Crippen molar-refractivity contribution in [1.29, 1.82) is 0 Å². The number of carbonyl (C=O) groups is 2. The van der Waals surface area contributed by atoms with E-state index in [0.29, 0.717) is 29.7 Å². The second kappa shape index (κ2) is 9.80. The molecule has 172 valence electrons. The van der Waals surface area contributed by atoms with Crippen molar-refractivity contribution >= 4 is 11.8 Å². The number of hydrogen-bond acceptors (Lipinski definition) is 5. The highest BCUT2D eigenvalue weighted by Gasteiger charge is 2.34. The lowest BCUT2D eigenvalue weighted by molar-refractivity contribution is 0.0232. The number of ketones is 1. The van der Waals surface area contributed by atoms with Crippen molar-refractivity contribution in [2.24, 2.45) is 0 Å². The number of carbonyl (C=O) groups excluding carboxylic acids is 2. The van der Waals surface area contributed by atoms with Gasteiger partial charge < -0.3 is 19.2 Å². The number of aromatic nitrogens is 1. The van der Waals surface area contributed by atoms with Crippen LogP contribution in [0, 0.1) is 6.92 Å². The Morgan fingerprint density at radius 3 is 2.41 bits per heavy atom. The summed E-state index contributed by atoms with van der Waals surface area (Å²) in [5.74, 6) is 1.11. The predicted molar refractivity (Wildman–Crippen MR) is 122 cm³/mol. The van der Waals surface area contributed by atoms with Gasteiger partial charge in [0.1, 0.15) is 23.3 Å². The molecule has 1 heterocycles. The maximum absolute atomic E-state index is 13.1. The van der Waals surface area contributed by atoms with Crippen LogP contribution in [0.5, 0.6) is 11.5 Å². The van der Waals surface area contributed by atoms with Gasteiger partial charge >= 0.3 is 5.97 Å². The zero-order chi connectivity index (χ0) is 22.7. The van der Waals surface area contributed by atoms with Crippen molar-refractivity contribution < 1.29 is 23.8 Å². The summed E-state index contributed by atoms with van der Waals surface area (Å²) in [6.45, 7) is 1.84. The molecular formula is C26H33NO5. The number of benzene rings is 1. The van der Waals surface area contributed by atoms with Gasteiger partial charge in [-0.3, -0.25) is 4.79 Å². The summed E-state index contributed by atoms with van der Waals surface area (Å²) in [4.78, 5) is 29.3. The highest BCUT2D eigenvalue weighted by atomic mass is 16.5. The van der Waals surface area contributed by atoms with Crippen LogP contribution in [0.3, 0.4) is 0 Å². The van der Waals surface area contributed by atoms with E-state index in [9.17, 15) is 9.59 Å². The lowest BCUT2D eigenvalue weighted by Gasteiger charge is -2.24. The maximum atomic E-state index is 13.1. The molecule has 0 radical (unpaired) electrons. The molecule has 1 N–H and O–H groups in total. The molecule has 1 fully saturated rings. The number of hydrogen-bond donors (Lipinski definition) is 1. The Kier molecular flexibility index (Phi) is 6.87. The first-order chi connectivity index (χ1) is 15.5. The Labute approximate surface area is 189 Å². The fourth-order valence-electron chi connectivity index (χ4n) is 5.16. The Hall–Kier alpha value is -2.76. The van der Waals surface area contributed by atoms with E-state index in [1.807, 2.05) is 25.1 Å². The smallest absolute Gasteiger partial charge is 0.355 e. The summed E-state index contributed by atoms with van der Waals surface area (Å²) >= 11 is 0. The predicted octanol–water partition coefficient (Wildman–Crippen LogP) is 5.52. The molecule has 2 aliphatic rings. The van der Waals surface area contributed by atoms with E-state index in [0.717, 1.165) is 48.4 Å². The van der Waals surface area contributed by atoms with Gasteiger partial charge in [-0.25, -0.2) is 4.79 Å². The van der Waals surface area contributed by atoms with Gasteiger partial charge in [-0.1, -0.05) is 19.3 Å². The first kappa shape index (κ1) is 22.4. The van der Waals surface area contributed by atoms with Gasteiger partial charge in [0.15, 0.2) is 5.78 Å². The first-order valence-corrected chi connectivity index (χ1v) is 11.7. The van der Waals surface area contributed by atoms with Crippen molar-refractivity contribution in [2.75, 3.05) is 14.2 Å². The minimum absolute atomic E-state index is 0.0352. The number of nitrogens with one attached hydrogen (secondary N) is 1. The number of H-pyrrole nitrogens is 1. The van der Waals surface area contributed by atoms with E-state index >= 15 is 0 Å². The van der Waals surface area contributed by atoms with Crippen LogP contribution < -0.4 is 9.47 Å². The van der Waals surface area contributed by atoms with Gasteiger partial charge in [-0.15, -0.1) is 0 Å². The van der Waals surface area contributed by atoms with Crippen molar-refractivity contribution in [3.63, 3.8) is 0 Å². The zero-order valence-corrected chi connectivity index (χ0v) is 19.3. The molecule has 0 aliphatic heterocycles.